The third kappa shape index (κ3) is 6.77. The molecule has 6 nitrogen and oxygen atoms in total. The zero-order valence-corrected chi connectivity index (χ0v) is 13.7. The van der Waals surface area contributed by atoms with Gasteiger partial charge in [0.05, 0.1) is 17.9 Å². The molecule has 1 unspecified atom stereocenters. The molecule has 0 spiro atoms. The van der Waals surface area contributed by atoms with Crippen LogP contribution in [0.4, 0.5) is 17.6 Å². The first-order valence-electron chi connectivity index (χ1n) is 6.14. The van der Waals surface area contributed by atoms with Crippen LogP contribution >= 0.6 is 11.6 Å². The van der Waals surface area contributed by atoms with Gasteiger partial charge in [-0.15, -0.1) is 0 Å². The van der Waals surface area contributed by atoms with E-state index in [-0.39, 0.29) is 16.3 Å². The number of benzene rings is 1. The summed E-state index contributed by atoms with van der Waals surface area (Å²) < 4.78 is 83.4. The number of ether oxygens (including phenoxy) is 2. The van der Waals surface area contributed by atoms with Crippen molar-refractivity contribution in [3.63, 3.8) is 0 Å². The topological polar surface area (TPSA) is 82.1 Å². The third-order valence-electron chi connectivity index (χ3n) is 2.63. The molecule has 1 rings (SSSR count). The molecule has 0 saturated carbocycles. The summed E-state index contributed by atoms with van der Waals surface area (Å²) in [7, 11) is -4.01. The van der Waals surface area contributed by atoms with E-state index in [9.17, 15) is 31.1 Å². The molecule has 0 saturated heterocycles. The van der Waals surface area contributed by atoms with Crippen molar-refractivity contribution in [3.05, 3.63) is 28.8 Å². The first kappa shape index (κ1) is 20.9. The molecule has 12 heteroatoms. The lowest BCUT2D eigenvalue weighted by molar-refractivity contribution is -0.179. The van der Waals surface area contributed by atoms with E-state index in [0.29, 0.717) is 6.26 Å². The van der Waals surface area contributed by atoms with E-state index in [1.54, 1.807) is 0 Å². The largest absolute Gasteiger partial charge is 0.435 e. The minimum atomic E-state index is -4.01. The van der Waals surface area contributed by atoms with Gasteiger partial charge >= 0.3 is 13.2 Å². The minimum absolute atomic E-state index is 0.268. The number of hydrogen-bond donors (Lipinski definition) is 1. The van der Waals surface area contributed by atoms with Gasteiger partial charge in [0.1, 0.15) is 18.0 Å². The van der Waals surface area contributed by atoms with Crippen molar-refractivity contribution < 1.29 is 44.7 Å². The molecule has 1 aromatic rings. The van der Waals surface area contributed by atoms with E-state index in [1.165, 1.54) is 0 Å². The number of aliphatic hydroxyl groups is 1. The molecule has 1 N–H and O–H groups in total. The van der Waals surface area contributed by atoms with Crippen LogP contribution in [0.1, 0.15) is 5.56 Å². The van der Waals surface area contributed by atoms with Gasteiger partial charge in [-0.25, -0.2) is 0 Å². The van der Waals surface area contributed by atoms with Gasteiger partial charge in [0.2, 0.25) is 0 Å². The monoisotopic (exact) mass is 396 g/mol. The van der Waals surface area contributed by atoms with Crippen LogP contribution in [0.3, 0.4) is 0 Å². The summed E-state index contributed by atoms with van der Waals surface area (Å²) in [5, 5.41) is 10.1. The molecule has 0 radical (unpaired) electrons. The fraction of sp³-hybridized carbons (Fsp3) is 0.500. The predicted octanol–water partition coefficient (Wildman–Crippen LogP) is 2.34. The van der Waals surface area contributed by atoms with Crippen molar-refractivity contribution in [1.82, 2.24) is 0 Å². The molecule has 1 aromatic carbocycles. The lowest BCUT2D eigenvalue weighted by Gasteiger charge is -2.28. The molecule has 138 valence electrons. The fourth-order valence-electron chi connectivity index (χ4n) is 1.65. The van der Waals surface area contributed by atoms with E-state index >= 15 is 0 Å². The van der Waals surface area contributed by atoms with Crippen LogP contribution in [-0.2, 0) is 24.6 Å². The second kappa shape index (κ2) is 8.30. The maximum absolute atomic E-state index is 12.2. The second-order valence-corrected chi connectivity index (χ2v) is 6.64. The highest BCUT2D eigenvalue weighted by Gasteiger charge is 2.35. The third-order valence-corrected chi connectivity index (χ3v) is 3.49. The number of hydrogen-bond acceptors (Lipinski definition) is 6. The normalized spacial score (nSPS) is 14.9. The molecule has 0 amide bonds. The minimum Gasteiger partial charge on any atom is -0.435 e. The summed E-state index contributed by atoms with van der Waals surface area (Å²) >= 11 is 5.83. The molecule has 0 aromatic heterocycles. The summed E-state index contributed by atoms with van der Waals surface area (Å²) in [6, 6.07) is 2.89. The zero-order valence-electron chi connectivity index (χ0n) is 12.1. The van der Waals surface area contributed by atoms with Gasteiger partial charge in [-0.2, -0.15) is 26.0 Å². The number of rotatable bonds is 9. The van der Waals surface area contributed by atoms with Crippen LogP contribution in [0.5, 0.6) is 5.75 Å². The van der Waals surface area contributed by atoms with Gasteiger partial charge in [-0.05, 0) is 12.1 Å². The average Bonchev–Trinajstić information content (AvgIpc) is 2.41. The van der Waals surface area contributed by atoms with Crippen LogP contribution in [0.2, 0.25) is 5.02 Å². The molecule has 0 fully saturated rings. The summed E-state index contributed by atoms with van der Waals surface area (Å²) in [5.74, 6) is -0.347. The van der Waals surface area contributed by atoms with E-state index in [2.05, 4.69) is 13.7 Å². The van der Waals surface area contributed by atoms with Gasteiger partial charge < -0.3 is 14.6 Å². The molecule has 0 bridgehead atoms. The average molecular weight is 397 g/mol. The Morgan fingerprint density at radius 1 is 1.21 bits per heavy atom. The highest BCUT2D eigenvalue weighted by Crippen LogP contribution is 2.33. The zero-order chi connectivity index (χ0) is 18.5. The summed E-state index contributed by atoms with van der Waals surface area (Å²) in [5.41, 5.74) is -2.64. The van der Waals surface area contributed by atoms with Crippen LogP contribution < -0.4 is 4.74 Å². The van der Waals surface area contributed by atoms with Crippen LogP contribution in [0.15, 0.2) is 18.2 Å². The van der Waals surface area contributed by atoms with E-state index < -0.39 is 42.2 Å². The molecular formula is C12H13ClF4O6S. The maximum atomic E-state index is 12.2. The highest BCUT2D eigenvalue weighted by atomic mass is 35.5. The van der Waals surface area contributed by atoms with Crippen LogP contribution in [0.25, 0.3) is 0 Å². The van der Waals surface area contributed by atoms with E-state index in [1.807, 2.05) is 0 Å². The smallest absolute Gasteiger partial charge is 0.387 e. The van der Waals surface area contributed by atoms with Crippen molar-refractivity contribution in [1.29, 1.82) is 0 Å². The molecule has 0 aliphatic carbocycles. The van der Waals surface area contributed by atoms with Gasteiger partial charge in [-0.1, -0.05) is 17.7 Å². The fourth-order valence-corrected chi connectivity index (χ4v) is 2.41. The Morgan fingerprint density at radius 2 is 1.83 bits per heavy atom. The Morgan fingerprint density at radius 3 is 2.29 bits per heavy atom. The Balaban J connectivity index is 3.13. The quantitative estimate of drug-likeness (QED) is 0.509. The van der Waals surface area contributed by atoms with Crippen LogP contribution in [0, 0.1) is 0 Å². The predicted molar refractivity (Wildman–Crippen MR) is 74.7 cm³/mol. The Bertz CT molecular complexity index is 657. The van der Waals surface area contributed by atoms with E-state index in [4.69, 9.17) is 11.6 Å². The van der Waals surface area contributed by atoms with Crippen molar-refractivity contribution in [2.75, 3.05) is 19.5 Å². The van der Waals surface area contributed by atoms with Crippen LogP contribution in [-0.4, -0.2) is 46.2 Å². The highest BCUT2D eigenvalue weighted by molar-refractivity contribution is 7.85. The van der Waals surface area contributed by atoms with E-state index in [0.717, 1.165) is 18.2 Å². The van der Waals surface area contributed by atoms with Crippen molar-refractivity contribution in [2.24, 2.45) is 0 Å². The van der Waals surface area contributed by atoms with Gasteiger partial charge in [-0.3, -0.25) is 4.18 Å². The van der Waals surface area contributed by atoms with Gasteiger partial charge in [0, 0.05) is 5.56 Å². The summed E-state index contributed by atoms with van der Waals surface area (Å²) in [6.45, 7) is -8.42. The number of alkyl halides is 4. The maximum Gasteiger partial charge on any atom is 0.387 e. The first-order chi connectivity index (χ1) is 10.9. The lowest BCUT2D eigenvalue weighted by atomic mass is 9.95. The molecule has 0 aliphatic heterocycles. The Labute approximate surface area is 140 Å². The first-order valence-corrected chi connectivity index (χ1v) is 8.34. The Hall–Kier alpha value is -1.14. The second-order valence-electron chi connectivity index (χ2n) is 4.59. The van der Waals surface area contributed by atoms with Crippen molar-refractivity contribution >= 4 is 21.7 Å². The molecule has 0 heterocycles. The van der Waals surface area contributed by atoms with Gasteiger partial charge in [0.25, 0.3) is 10.1 Å². The SMILES string of the molecule is CS(=O)(=O)OCC(O)(COC(F)F)c1ccc(OC(F)F)cc1Cl. The molecule has 0 aliphatic rings. The molecule has 1 atom stereocenters. The number of halogens is 5. The Kier molecular flexibility index (Phi) is 7.23. The van der Waals surface area contributed by atoms with Gasteiger partial charge in [0.15, 0.2) is 0 Å². The van der Waals surface area contributed by atoms with Crippen molar-refractivity contribution in [2.45, 2.75) is 18.8 Å². The summed E-state index contributed by atoms with van der Waals surface area (Å²) in [6.07, 6.45) is 0.683. The van der Waals surface area contributed by atoms with Crippen molar-refractivity contribution in [3.8, 4) is 5.75 Å². The summed E-state index contributed by atoms with van der Waals surface area (Å²) in [4.78, 5) is 0. The lowest BCUT2D eigenvalue weighted by Crippen LogP contribution is -2.38. The standard InChI is InChI=1S/C12H13ClF4O6S/c1-24(19,20)22-6-12(18,5-21-10(14)15)8-3-2-7(4-9(8)13)23-11(16)17/h2-4,10-11,18H,5-6H2,1H3. The molecule has 24 heavy (non-hydrogen) atoms. The molecular weight excluding hydrogens is 384 g/mol.